The molecule has 24 heavy (non-hydrogen) atoms. The third-order valence-electron chi connectivity index (χ3n) is 4.24. The Labute approximate surface area is 139 Å². The summed E-state index contributed by atoms with van der Waals surface area (Å²) in [6.07, 6.45) is 0. The number of aromatic nitrogens is 3. The van der Waals surface area contributed by atoms with Gasteiger partial charge in [-0.2, -0.15) is 0 Å². The quantitative estimate of drug-likeness (QED) is 0.723. The van der Waals surface area contributed by atoms with Gasteiger partial charge in [-0.05, 0) is 24.3 Å². The Balaban J connectivity index is 1.47. The van der Waals surface area contributed by atoms with Gasteiger partial charge in [0.15, 0.2) is 0 Å². The van der Waals surface area contributed by atoms with E-state index in [4.69, 9.17) is 0 Å². The maximum atomic E-state index is 12.6. The highest BCUT2D eigenvalue weighted by molar-refractivity contribution is 5.92. The highest BCUT2D eigenvalue weighted by Crippen LogP contribution is 2.16. The molecular weight excluding hydrogens is 302 g/mol. The van der Waals surface area contributed by atoms with Crippen LogP contribution >= 0.6 is 0 Å². The maximum Gasteiger partial charge on any atom is 0.293 e. The van der Waals surface area contributed by atoms with Crippen LogP contribution in [0.4, 0.5) is 5.69 Å². The largest absolute Gasteiger partial charge is 0.368 e. The van der Waals surface area contributed by atoms with Gasteiger partial charge in [0.25, 0.3) is 5.91 Å². The molecule has 1 aliphatic rings. The lowest BCUT2D eigenvalue weighted by atomic mass is 10.2. The second-order valence-corrected chi connectivity index (χ2v) is 5.74. The predicted octanol–water partition coefficient (Wildman–Crippen LogP) is 1.99. The number of fused-ring (bicyclic) bond motifs is 1. The van der Waals surface area contributed by atoms with Crippen LogP contribution in [0.5, 0.6) is 0 Å². The van der Waals surface area contributed by atoms with Crippen molar-refractivity contribution in [2.75, 3.05) is 31.1 Å². The van der Waals surface area contributed by atoms with Gasteiger partial charge in [-0.3, -0.25) is 4.79 Å². The molecule has 6 nitrogen and oxygen atoms in total. The molecule has 0 spiro atoms. The summed E-state index contributed by atoms with van der Waals surface area (Å²) in [7, 11) is 0. The van der Waals surface area contributed by atoms with Gasteiger partial charge in [0.05, 0.1) is 5.52 Å². The molecule has 0 N–H and O–H groups in total. The van der Waals surface area contributed by atoms with E-state index >= 15 is 0 Å². The number of para-hydroxylation sites is 2. The molecule has 3 aromatic rings. The molecule has 1 amide bonds. The number of anilines is 1. The van der Waals surface area contributed by atoms with E-state index in [2.05, 4.69) is 32.2 Å². The first-order chi connectivity index (χ1) is 11.8. The Hall–Kier alpha value is -3.02. The van der Waals surface area contributed by atoms with E-state index in [0.29, 0.717) is 24.1 Å². The normalized spacial score (nSPS) is 14.8. The molecule has 4 rings (SSSR count). The van der Waals surface area contributed by atoms with E-state index in [1.54, 1.807) is 4.90 Å². The van der Waals surface area contributed by atoms with Crippen LogP contribution in [-0.2, 0) is 0 Å². The smallest absolute Gasteiger partial charge is 0.293 e. The van der Waals surface area contributed by atoms with Crippen LogP contribution in [0.2, 0.25) is 0 Å². The Morgan fingerprint density at radius 1 is 0.792 bits per heavy atom. The summed E-state index contributed by atoms with van der Waals surface area (Å²) in [5, 5.41) is 8.08. The molecule has 0 unspecified atom stereocenters. The average molecular weight is 319 g/mol. The zero-order chi connectivity index (χ0) is 16.4. The van der Waals surface area contributed by atoms with E-state index in [-0.39, 0.29) is 11.7 Å². The summed E-state index contributed by atoms with van der Waals surface area (Å²) in [5.41, 5.74) is 2.58. The minimum absolute atomic E-state index is 0.152. The molecule has 2 aromatic carbocycles. The van der Waals surface area contributed by atoms with Gasteiger partial charge in [-0.25, -0.2) is 4.98 Å². The van der Waals surface area contributed by atoms with Crippen LogP contribution in [-0.4, -0.2) is 52.2 Å². The molecule has 1 fully saturated rings. The van der Waals surface area contributed by atoms with Crippen molar-refractivity contribution >= 4 is 22.6 Å². The lowest BCUT2D eigenvalue weighted by molar-refractivity contribution is 0.0733. The monoisotopic (exact) mass is 319 g/mol. The van der Waals surface area contributed by atoms with Crippen LogP contribution in [0, 0.1) is 0 Å². The fourth-order valence-electron chi connectivity index (χ4n) is 2.92. The SMILES string of the molecule is O=C(c1nnc2ccccc2n1)N1CCN(c2ccccc2)CC1. The molecule has 0 bridgehead atoms. The van der Waals surface area contributed by atoms with E-state index < -0.39 is 0 Å². The van der Waals surface area contributed by atoms with Crippen molar-refractivity contribution in [1.29, 1.82) is 0 Å². The number of carbonyl (C=O) groups excluding carboxylic acids is 1. The van der Waals surface area contributed by atoms with Crippen molar-refractivity contribution in [3.8, 4) is 0 Å². The Morgan fingerprint density at radius 2 is 1.46 bits per heavy atom. The number of benzene rings is 2. The lowest BCUT2D eigenvalue weighted by Gasteiger charge is -2.35. The Kier molecular flexibility index (Phi) is 3.78. The van der Waals surface area contributed by atoms with Gasteiger partial charge in [0.1, 0.15) is 5.52 Å². The number of amides is 1. The van der Waals surface area contributed by atoms with Gasteiger partial charge in [0, 0.05) is 31.9 Å². The summed E-state index contributed by atoms with van der Waals surface area (Å²) in [4.78, 5) is 21.1. The minimum Gasteiger partial charge on any atom is -0.368 e. The summed E-state index contributed by atoms with van der Waals surface area (Å²) in [6, 6.07) is 17.7. The molecule has 120 valence electrons. The summed E-state index contributed by atoms with van der Waals surface area (Å²) < 4.78 is 0. The molecule has 1 saturated heterocycles. The van der Waals surface area contributed by atoms with Crippen molar-refractivity contribution in [2.24, 2.45) is 0 Å². The summed E-state index contributed by atoms with van der Waals surface area (Å²) >= 11 is 0. The van der Waals surface area contributed by atoms with Gasteiger partial charge in [-0.1, -0.05) is 30.3 Å². The average Bonchev–Trinajstić information content (AvgIpc) is 2.68. The van der Waals surface area contributed by atoms with E-state index in [9.17, 15) is 4.79 Å². The van der Waals surface area contributed by atoms with Gasteiger partial charge in [0.2, 0.25) is 5.82 Å². The number of piperazine rings is 1. The van der Waals surface area contributed by atoms with Crippen molar-refractivity contribution in [3.63, 3.8) is 0 Å². The third kappa shape index (κ3) is 2.78. The molecular formula is C18H17N5O. The number of hydrogen-bond donors (Lipinski definition) is 0. The molecule has 0 aliphatic carbocycles. The number of carbonyl (C=O) groups is 1. The van der Waals surface area contributed by atoms with Crippen molar-refractivity contribution in [3.05, 3.63) is 60.4 Å². The molecule has 0 atom stereocenters. The van der Waals surface area contributed by atoms with E-state index in [1.807, 2.05) is 42.5 Å². The third-order valence-corrected chi connectivity index (χ3v) is 4.24. The number of nitrogens with zero attached hydrogens (tertiary/aromatic N) is 5. The van der Waals surface area contributed by atoms with Crippen LogP contribution in [0.3, 0.4) is 0 Å². The zero-order valence-corrected chi connectivity index (χ0v) is 13.2. The number of hydrogen-bond acceptors (Lipinski definition) is 5. The number of rotatable bonds is 2. The summed E-state index contributed by atoms with van der Waals surface area (Å²) in [5.74, 6) is 0.0165. The first-order valence-electron chi connectivity index (χ1n) is 8.00. The molecule has 6 heteroatoms. The zero-order valence-electron chi connectivity index (χ0n) is 13.2. The lowest BCUT2D eigenvalue weighted by Crippen LogP contribution is -2.49. The fourth-order valence-corrected chi connectivity index (χ4v) is 2.92. The van der Waals surface area contributed by atoms with E-state index in [0.717, 1.165) is 13.1 Å². The van der Waals surface area contributed by atoms with Crippen LogP contribution < -0.4 is 4.90 Å². The minimum atomic E-state index is -0.152. The molecule has 0 radical (unpaired) electrons. The first-order valence-corrected chi connectivity index (χ1v) is 8.00. The topological polar surface area (TPSA) is 62.2 Å². The standard InChI is InChI=1S/C18H17N5O/c24-18(17-19-15-8-4-5-9-16(15)20-21-17)23-12-10-22(11-13-23)14-6-2-1-3-7-14/h1-9H,10-13H2. The van der Waals surface area contributed by atoms with Crippen molar-refractivity contribution in [1.82, 2.24) is 20.1 Å². The van der Waals surface area contributed by atoms with Gasteiger partial charge < -0.3 is 9.80 Å². The second-order valence-electron chi connectivity index (χ2n) is 5.74. The van der Waals surface area contributed by atoms with Crippen molar-refractivity contribution < 1.29 is 4.79 Å². The fraction of sp³-hybridized carbons (Fsp3) is 0.222. The molecule has 1 aliphatic heterocycles. The maximum absolute atomic E-state index is 12.6. The van der Waals surface area contributed by atoms with Crippen LogP contribution in [0.1, 0.15) is 10.6 Å². The molecule has 1 aromatic heterocycles. The van der Waals surface area contributed by atoms with E-state index in [1.165, 1.54) is 5.69 Å². The molecule has 0 saturated carbocycles. The highest BCUT2D eigenvalue weighted by atomic mass is 16.2. The summed E-state index contributed by atoms with van der Waals surface area (Å²) in [6.45, 7) is 2.92. The van der Waals surface area contributed by atoms with Crippen molar-refractivity contribution in [2.45, 2.75) is 0 Å². The van der Waals surface area contributed by atoms with Crippen LogP contribution in [0.25, 0.3) is 11.0 Å². The highest BCUT2D eigenvalue weighted by Gasteiger charge is 2.24. The van der Waals surface area contributed by atoms with Gasteiger partial charge in [-0.15, -0.1) is 10.2 Å². The predicted molar refractivity (Wildman–Crippen MR) is 91.9 cm³/mol. The Bertz CT molecular complexity index is 859. The van der Waals surface area contributed by atoms with Crippen LogP contribution in [0.15, 0.2) is 54.6 Å². The second kappa shape index (κ2) is 6.23. The molecule has 2 heterocycles. The first kappa shape index (κ1) is 14.6. The van der Waals surface area contributed by atoms with Gasteiger partial charge >= 0.3 is 0 Å². The Morgan fingerprint density at radius 3 is 2.21 bits per heavy atom.